The number of amides is 1. The van der Waals surface area contributed by atoms with Crippen LogP contribution in [-0.2, 0) is 0 Å². The van der Waals surface area contributed by atoms with Gasteiger partial charge < -0.3 is 10.2 Å². The summed E-state index contributed by atoms with van der Waals surface area (Å²) in [5.74, 6) is 0.605. The van der Waals surface area contributed by atoms with E-state index in [4.69, 9.17) is 0 Å². The van der Waals surface area contributed by atoms with Crippen molar-refractivity contribution in [1.82, 2.24) is 10.3 Å². The van der Waals surface area contributed by atoms with E-state index in [0.717, 1.165) is 23.0 Å². The van der Waals surface area contributed by atoms with E-state index in [1.54, 1.807) is 6.20 Å². The lowest BCUT2D eigenvalue weighted by Crippen LogP contribution is -2.34. The third kappa shape index (κ3) is 4.10. The van der Waals surface area contributed by atoms with Crippen LogP contribution in [0.4, 0.5) is 5.69 Å². The summed E-state index contributed by atoms with van der Waals surface area (Å²) in [6.45, 7) is 6.60. The quantitative estimate of drug-likeness (QED) is 0.844. The van der Waals surface area contributed by atoms with Crippen LogP contribution in [0.3, 0.4) is 0 Å². The zero-order valence-corrected chi connectivity index (χ0v) is 14.5. The summed E-state index contributed by atoms with van der Waals surface area (Å²) in [6, 6.07) is 8.46. The summed E-state index contributed by atoms with van der Waals surface area (Å²) < 4.78 is 0. The van der Waals surface area contributed by atoms with Crippen molar-refractivity contribution in [3.63, 3.8) is 0 Å². The minimum atomic E-state index is -0.00491. The molecule has 1 heterocycles. The van der Waals surface area contributed by atoms with E-state index in [-0.39, 0.29) is 5.91 Å². The van der Waals surface area contributed by atoms with Gasteiger partial charge in [-0.15, -0.1) is 11.3 Å². The molecule has 0 atom stereocenters. The van der Waals surface area contributed by atoms with E-state index < -0.39 is 0 Å². The van der Waals surface area contributed by atoms with Crippen molar-refractivity contribution < 1.29 is 4.79 Å². The van der Waals surface area contributed by atoms with Crippen LogP contribution in [0.1, 0.15) is 45.9 Å². The molecule has 2 aromatic rings. The third-order valence-corrected chi connectivity index (χ3v) is 5.25. The Morgan fingerprint density at radius 3 is 2.96 bits per heavy atom. The van der Waals surface area contributed by atoms with Gasteiger partial charge in [0.1, 0.15) is 4.88 Å². The first-order valence-corrected chi connectivity index (χ1v) is 9.04. The Morgan fingerprint density at radius 2 is 2.26 bits per heavy atom. The lowest BCUT2D eigenvalue weighted by molar-refractivity contribution is 0.0958. The van der Waals surface area contributed by atoms with Crippen molar-refractivity contribution in [3.8, 4) is 0 Å². The van der Waals surface area contributed by atoms with Crippen LogP contribution >= 0.6 is 11.3 Å². The van der Waals surface area contributed by atoms with Crippen molar-refractivity contribution in [1.29, 1.82) is 0 Å². The number of aryl methyl sites for hydroxylation is 1. The molecule has 0 spiro atoms. The first-order valence-electron chi connectivity index (χ1n) is 8.23. The predicted octanol–water partition coefficient (Wildman–Crippen LogP) is 3.59. The van der Waals surface area contributed by atoms with Gasteiger partial charge in [0.05, 0.1) is 11.2 Å². The van der Waals surface area contributed by atoms with E-state index in [0.29, 0.717) is 12.5 Å². The first-order chi connectivity index (χ1) is 11.2. The maximum absolute atomic E-state index is 12.2. The molecule has 122 valence electrons. The Morgan fingerprint density at radius 1 is 1.43 bits per heavy atom. The molecule has 1 aromatic carbocycles. The lowest BCUT2D eigenvalue weighted by Gasteiger charge is -2.23. The third-order valence-electron chi connectivity index (χ3n) is 4.09. The molecule has 5 heteroatoms. The Bertz CT molecular complexity index is 678. The molecule has 1 amide bonds. The van der Waals surface area contributed by atoms with Gasteiger partial charge in [-0.25, -0.2) is 4.98 Å². The summed E-state index contributed by atoms with van der Waals surface area (Å²) in [5.41, 5.74) is 2.46. The lowest BCUT2D eigenvalue weighted by atomic mass is 10.2. The smallest absolute Gasteiger partial charge is 0.263 e. The highest BCUT2D eigenvalue weighted by Gasteiger charge is 2.27. The molecule has 23 heavy (non-hydrogen) atoms. The number of nitrogens with zero attached hydrogens (tertiary/aromatic N) is 2. The molecule has 1 fully saturated rings. The average molecular weight is 329 g/mol. The molecule has 0 radical (unpaired) electrons. The molecule has 1 N–H and O–H groups in total. The summed E-state index contributed by atoms with van der Waals surface area (Å²) in [4.78, 5) is 19.6. The molecule has 0 saturated heterocycles. The van der Waals surface area contributed by atoms with Crippen LogP contribution in [0.25, 0.3) is 0 Å². The zero-order valence-electron chi connectivity index (χ0n) is 13.7. The fourth-order valence-electron chi connectivity index (χ4n) is 2.60. The number of rotatable bonds is 7. The minimum absolute atomic E-state index is 0.00491. The predicted molar refractivity (Wildman–Crippen MR) is 95.5 cm³/mol. The number of benzene rings is 1. The molecule has 4 nitrogen and oxygen atoms in total. The Hall–Kier alpha value is -1.88. The maximum Gasteiger partial charge on any atom is 0.263 e. The molecular formula is C18H23N3OS. The maximum atomic E-state index is 12.2. The standard InChI is InChI=1S/C18H23N3OS/c1-3-21(15-6-4-5-13(2)11-15)10-9-19-17(22)16-12-20-18(23-16)14-7-8-14/h4-6,11-12,14H,3,7-10H2,1-2H3,(H,19,22). The summed E-state index contributed by atoms with van der Waals surface area (Å²) >= 11 is 1.54. The molecule has 1 aromatic heterocycles. The number of hydrogen-bond acceptors (Lipinski definition) is 4. The van der Waals surface area contributed by atoms with Gasteiger partial charge in [0.15, 0.2) is 0 Å². The van der Waals surface area contributed by atoms with Gasteiger partial charge in [0, 0.05) is 31.2 Å². The number of thiazole rings is 1. The van der Waals surface area contributed by atoms with Crippen LogP contribution in [0.2, 0.25) is 0 Å². The Balaban J connectivity index is 1.51. The van der Waals surface area contributed by atoms with E-state index in [2.05, 4.69) is 53.3 Å². The fourth-order valence-corrected chi connectivity index (χ4v) is 3.60. The molecule has 0 aliphatic heterocycles. The summed E-state index contributed by atoms with van der Waals surface area (Å²) in [6.07, 6.45) is 4.15. The van der Waals surface area contributed by atoms with Gasteiger partial charge in [-0.3, -0.25) is 4.79 Å². The van der Waals surface area contributed by atoms with Gasteiger partial charge in [-0.1, -0.05) is 12.1 Å². The van der Waals surface area contributed by atoms with Gasteiger partial charge in [-0.2, -0.15) is 0 Å². The van der Waals surface area contributed by atoms with Crippen LogP contribution in [0.15, 0.2) is 30.5 Å². The monoisotopic (exact) mass is 329 g/mol. The topological polar surface area (TPSA) is 45.2 Å². The van der Waals surface area contributed by atoms with E-state index in [1.165, 1.54) is 35.4 Å². The second kappa shape index (κ2) is 7.13. The normalized spacial score (nSPS) is 13.8. The Labute approximate surface area is 141 Å². The number of likely N-dealkylation sites (N-methyl/N-ethyl adjacent to an activating group) is 1. The van der Waals surface area contributed by atoms with Gasteiger partial charge in [0.2, 0.25) is 0 Å². The van der Waals surface area contributed by atoms with Crippen LogP contribution in [0, 0.1) is 6.92 Å². The molecule has 3 rings (SSSR count). The molecule has 0 unspecified atom stereocenters. The van der Waals surface area contributed by atoms with Gasteiger partial charge >= 0.3 is 0 Å². The summed E-state index contributed by atoms with van der Waals surface area (Å²) in [5, 5.41) is 4.13. The second-order valence-electron chi connectivity index (χ2n) is 6.01. The number of hydrogen-bond donors (Lipinski definition) is 1. The number of carbonyl (C=O) groups is 1. The van der Waals surface area contributed by atoms with E-state index >= 15 is 0 Å². The second-order valence-corrected chi connectivity index (χ2v) is 7.07. The molecule has 0 bridgehead atoms. The zero-order chi connectivity index (χ0) is 16.2. The largest absolute Gasteiger partial charge is 0.370 e. The highest BCUT2D eigenvalue weighted by atomic mass is 32.1. The van der Waals surface area contributed by atoms with Crippen LogP contribution in [0.5, 0.6) is 0 Å². The van der Waals surface area contributed by atoms with Crippen molar-refractivity contribution in [2.75, 3.05) is 24.5 Å². The fraction of sp³-hybridized carbons (Fsp3) is 0.444. The van der Waals surface area contributed by atoms with Crippen molar-refractivity contribution >= 4 is 22.9 Å². The number of nitrogens with one attached hydrogen (secondary N) is 1. The van der Waals surface area contributed by atoms with Crippen molar-refractivity contribution in [2.24, 2.45) is 0 Å². The van der Waals surface area contributed by atoms with Gasteiger partial charge in [0.25, 0.3) is 5.91 Å². The van der Waals surface area contributed by atoms with Gasteiger partial charge in [-0.05, 0) is 44.4 Å². The summed E-state index contributed by atoms with van der Waals surface area (Å²) in [7, 11) is 0. The number of anilines is 1. The minimum Gasteiger partial charge on any atom is -0.370 e. The van der Waals surface area contributed by atoms with Crippen LogP contribution in [-0.4, -0.2) is 30.5 Å². The molecule has 1 saturated carbocycles. The average Bonchev–Trinajstić information content (AvgIpc) is 3.28. The molecule has 1 aliphatic carbocycles. The SMILES string of the molecule is CCN(CCNC(=O)c1cnc(C2CC2)s1)c1cccc(C)c1. The van der Waals surface area contributed by atoms with Crippen molar-refractivity contribution in [2.45, 2.75) is 32.6 Å². The van der Waals surface area contributed by atoms with E-state index in [1.807, 2.05) is 0 Å². The highest BCUT2D eigenvalue weighted by Crippen LogP contribution is 2.41. The van der Waals surface area contributed by atoms with Crippen LogP contribution < -0.4 is 10.2 Å². The van der Waals surface area contributed by atoms with Crippen molar-refractivity contribution in [3.05, 3.63) is 45.9 Å². The van der Waals surface area contributed by atoms with E-state index in [9.17, 15) is 4.79 Å². The highest BCUT2D eigenvalue weighted by molar-refractivity contribution is 7.13. The first kappa shape index (κ1) is 16.0. The Kier molecular flexibility index (Phi) is 4.96. The number of carbonyl (C=O) groups excluding carboxylic acids is 1. The molecular weight excluding hydrogens is 306 g/mol. The number of aromatic nitrogens is 1. The molecule has 1 aliphatic rings.